The van der Waals surface area contributed by atoms with Crippen LogP contribution in [0.5, 0.6) is 0 Å². The summed E-state index contributed by atoms with van der Waals surface area (Å²) in [6, 6.07) is 12.2. The minimum atomic E-state index is -0.408. The van der Waals surface area contributed by atoms with Crippen LogP contribution in [0.15, 0.2) is 48.5 Å². The third kappa shape index (κ3) is 2.63. The Hall–Kier alpha value is -2.69. The maximum Gasteiger partial charge on any atom is 0.268 e. The lowest BCUT2D eigenvalue weighted by molar-refractivity contribution is 0.0946. The van der Waals surface area contributed by atoms with Crippen LogP contribution >= 0.6 is 0 Å². The standard InChI is InChI=1S/C16H12F2N2O/c17-12-5-2-1-4-10(12)9-19-16(21)15-8-11-13(18)6-3-7-14(11)20-15/h1-8,20H,9H2,(H,19,21). The Bertz CT molecular complexity index is 811. The van der Waals surface area contributed by atoms with E-state index < -0.39 is 11.7 Å². The number of aromatic nitrogens is 1. The van der Waals surface area contributed by atoms with Gasteiger partial charge in [-0.2, -0.15) is 0 Å². The number of hydrogen-bond donors (Lipinski definition) is 2. The molecule has 0 aliphatic carbocycles. The SMILES string of the molecule is O=C(NCc1ccccc1F)c1cc2c(F)cccc2[nH]1. The maximum atomic E-state index is 13.6. The molecule has 3 aromatic rings. The molecule has 0 unspecified atom stereocenters. The molecule has 0 fully saturated rings. The summed E-state index contributed by atoms with van der Waals surface area (Å²) in [6.07, 6.45) is 0. The topological polar surface area (TPSA) is 44.9 Å². The molecule has 0 aliphatic heterocycles. The van der Waals surface area contributed by atoms with Gasteiger partial charge in [0.1, 0.15) is 17.3 Å². The largest absolute Gasteiger partial charge is 0.350 e. The van der Waals surface area contributed by atoms with E-state index in [0.717, 1.165) is 0 Å². The van der Waals surface area contributed by atoms with E-state index in [0.29, 0.717) is 16.5 Å². The molecule has 0 spiro atoms. The highest BCUT2D eigenvalue weighted by molar-refractivity contribution is 5.98. The van der Waals surface area contributed by atoms with Crippen molar-refractivity contribution in [1.29, 1.82) is 0 Å². The first-order valence-corrected chi connectivity index (χ1v) is 6.44. The van der Waals surface area contributed by atoms with Crippen molar-refractivity contribution in [1.82, 2.24) is 10.3 Å². The number of benzene rings is 2. The molecule has 0 saturated carbocycles. The summed E-state index contributed by atoms with van der Waals surface area (Å²) in [5.41, 5.74) is 1.19. The van der Waals surface area contributed by atoms with Crippen LogP contribution in [0.25, 0.3) is 10.9 Å². The van der Waals surface area contributed by atoms with Gasteiger partial charge in [-0.15, -0.1) is 0 Å². The lowest BCUT2D eigenvalue weighted by Crippen LogP contribution is -2.23. The Labute approximate surface area is 119 Å². The molecule has 2 N–H and O–H groups in total. The lowest BCUT2D eigenvalue weighted by atomic mass is 10.2. The van der Waals surface area contributed by atoms with Crippen LogP contribution < -0.4 is 5.32 Å². The van der Waals surface area contributed by atoms with Gasteiger partial charge >= 0.3 is 0 Å². The molecule has 3 rings (SSSR count). The zero-order valence-electron chi connectivity index (χ0n) is 11.0. The van der Waals surface area contributed by atoms with E-state index in [4.69, 9.17) is 0 Å². The second-order valence-electron chi connectivity index (χ2n) is 4.66. The number of halogens is 2. The molecule has 1 aromatic heterocycles. The minimum Gasteiger partial charge on any atom is -0.350 e. The molecule has 1 amide bonds. The van der Waals surface area contributed by atoms with Crippen LogP contribution in [0.2, 0.25) is 0 Å². The van der Waals surface area contributed by atoms with E-state index in [-0.39, 0.29) is 18.1 Å². The molecular formula is C16H12F2N2O. The van der Waals surface area contributed by atoms with E-state index in [1.807, 2.05) is 0 Å². The normalized spacial score (nSPS) is 10.8. The first-order chi connectivity index (χ1) is 10.1. The number of hydrogen-bond acceptors (Lipinski definition) is 1. The predicted molar refractivity (Wildman–Crippen MR) is 75.8 cm³/mol. The van der Waals surface area contributed by atoms with Crippen molar-refractivity contribution in [3.8, 4) is 0 Å². The fourth-order valence-electron chi connectivity index (χ4n) is 2.15. The number of rotatable bonds is 3. The van der Waals surface area contributed by atoms with Crippen LogP contribution in [0, 0.1) is 11.6 Å². The van der Waals surface area contributed by atoms with Crippen molar-refractivity contribution >= 4 is 16.8 Å². The summed E-state index contributed by atoms with van der Waals surface area (Å²) in [5, 5.41) is 2.96. The van der Waals surface area contributed by atoms with Gasteiger partial charge in [0, 0.05) is 23.0 Å². The zero-order chi connectivity index (χ0) is 14.8. The predicted octanol–water partition coefficient (Wildman–Crippen LogP) is 3.38. The van der Waals surface area contributed by atoms with Gasteiger partial charge in [-0.05, 0) is 24.3 Å². The fraction of sp³-hybridized carbons (Fsp3) is 0.0625. The van der Waals surface area contributed by atoms with Crippen molar-refractivity contribution in [3.05, 3.63) is 71.4 Å². The Morgan fingerprint density at radius 1 is 1.05 bits per heavy atom. The molecular weight excluding hydrogens is 274 g/mol. The van der Waals surface area contributed by atoms with E-state index in [1.54, 1.807) is 30.3 Å². The minimum absolute atomic E-state index is 0.0728. The van der Waals surface area contributed by atoms with Crippen LogP contribution in [-0.4, -0.2) is 10.9 Å². The summed E-state index contributed by atoms with van der Waals surface area (Å²) in [6.45, 7) is 0.0728. The number of nitrogens with one attached hydrogen (secondary N) is 2. The number of aromatic amines is 1. The molecule has 2 aromatic carbocycles. The van der Waals surface area contributed by atoms with Crippen molar-refractivity contribution in [2.45, 2.75) is 6.54 Å². The van der Waals surface area contributed by atoms with Crippen molar-refractivity contribution in [3.63, 3.8) is 0 Å². The number of carbonyl (C=O) groups is 1. The number of fused-ring (bicyclic) bond motifs is 1. The van der Waals surface area contributed by atoms with Crippen molar-refractivity contribution < 1.29 is 13.6 Å². The van der Waals surface area contributed by atoms with Gasteiger partial charge < -0.3 is 10.3 Å². The first-order valence-electron chi connectivity index (χ1n) is 6.44. The van der Waals surface area contributed by atoms with Crippen LogP contribution in [-0.2, 0) is 6.54 Å². The van der Waals surface area contributed by atoms with Crippen LogP contribution in [0.1, 0.15) is 16.1 Å². The van der Waals surface area contributed by atoms with E-state index in [2.05, 4.69) is 10.3 Å². The third-order valence-corrected chi connectivity index (χ3v) is 3.25. The van der Waals surface area contributed by atoms with Gasteiger partial charge in [0.2, 0.25) is 0 Å². The van der Waals surface area contributed by atoms with Gasteiger partial charge in [-0.1, -0.05) is 24.3 Å². The van der Waals surface area contributed by atoms with E-state index >= 15 is 0 Å². The van der Waals surface area contributed by atoms with E-state index in [1.165, 1.54) is 18.2 Å². The quantitative estimate of drug-likeness (QED) is 0.761. The van der Waals surface area contributed by atoms with Gasteiger partial charge in [0.25, 0.3) is 5.91 Å². The summed E-state index contributed by atoms with van der Waals surface area (Å²) in [5.74, 6) is -1.17. The molecule has 0 saturated heterocycles. The molecule has 0 aliphatic rings. The summed E-state index contributed by atoms with van der Waals surface area (Å²) in [7, 11) is 0. The van der Waals surface area contributed by atoms with Gasteiger partial charge in [0.05, 0.1) is 0 Å². The molecule has 0 radical (unpaired) electrons. The number of amides is 1. The maximum absolute atomic E-state index is 13.6. The molecule has 0 atom stereocenters. The fourth-order valence-corrected chi connectivity index (χ4v) is 2.15. The first kappa shape index (κ1) is 13.3. The third-order valence-electron chi connectivity index (χ3n) is 3.25. The monoisotopic (exact) mass is 286 g/mol. The molecule has 5 heteroatoms. The zero-order valence-corrected chi connectivity index (χ0v) is 11.0. The average Bonchev–Trinajstić information content (AvgIpc) is 2.92. The smallest absolute Gasteiger partial charge is 0.268 e. The lowest BCUT2D eigenvalue weighted by Gasteiger charge is -2.04. The van der Waals surface area contributed by atoms with Crippen molar-refractivity contribution in [2.75, 3.05) is 0 Å². The Kier molecular flexibility index (Phi) is 3.39. The van der Waals surface area contributed by atoms with Gasteiger partial charge in [-0.3, -0.25) is 4.79 Å². The van der Waals surface area contributed by atoms with E-state index in [9.17, 15) is 13.6 Å². The summed E-state index contributed by atoms with van der Waals surface area (Å²) >= 11 is 0. The van der Waals surface area contributed by atoms with Crippen LogP contribution in [0.3, 0.4) is 0 Å². The highest BCUT2D eigenvalue weighted by atomic mass is 19.1. The molecule has 0 bridgehead atoms. The summed E-state index contributed by atoms with van der Waals surface area (Å²) in [4.78, 5) is 14.9. The Balaban J connectivity index is 1.78. The number of H-pyrrole nitrogens is 1. The second-order valence-corrected chi connectivity index (χ2v) is 4.66. The summed E-state index contributed by atoms with van der Waals surface area (Å²) < 4.78 is 27.0. The second kappa shape index (κ2) is 5.36. The number of carbonyl (C=O) groups excluding carboxylic acids is 1. The Morgan fingerprint density at radius 3 is 2.57 bits per heavy atom. The average molecular weight is 286 g/mol. The van der Waals surface area contributed by atoms with Gasteiger partial charge in [0.15, 0.2) is 0 Å². The highest BCUT2D eigenvalue weighted by Gasteiger charge is 2.12. The molecule has 3 nitrogen and oxygen atoms in total. The highest BCUT2D eigenvalue weighted by Crippen LogP contribution is 2.18. The molecule has 1 heterocycles. The van der Waals surface area contributed by atoms with Crippen LogP contribution in [0.4, 0.5) is 8.78 Å². The molecule has 106 valence electrons. The van der Waals surface area contributed by atoms with Crippen molar-refractivity contribution in [2.24, 2.45) is 0 Å². The Morgan fingerprint density at radius 2 is 1.81 bits per heavy atom. The van der Waals surface area contributed by atoms with Gasteiger partial charge in [-0.25, -0.2) is 8.78 Å². The molecule has 21 heavy (non-hydrogen) atoms.